The Morgan fingerprint density at radius 2 is 2.42 bits per heavy atom. The fourth-order valence-corrected chi connectivity index (χ4v) is 2.46. The van der Waals surface area contributed by atoms with Crippen LogP contribution in [0.5, 0.6) is 0 Å². The molecule has 106 valence electrons. The minimum atomic E-state index is -0.415. The number of hydrogen-bond donors (Lipinski definition) is 0. The van der Waals surface area contributed by atoms with Gasteiger partial charge in [0.15, 0.2) is 5.69 Å². The molecule has 6 nitrogen and oxygen atoms in total. The summed E-state index contributed by atoms with van der Waals surface area (Å²) in [5, 5.41) is 7.96. The first kappa shape index (κ1) is 14.0. The van der Waals surface area contributed by atoms with E-state index in [4.69, 9.17) is 9.47 Å². The van der Waals surface area contributed by atoms with E-state index in [1.165, 1.54) is 13.5 Å². The first-order valence-corrected chi connectivity index (χ1v) is 6.88. The van der Waals surface area contributed by atoms with Crippen LogP contribution in [0.2, 0.25) is 0 Å². The molecule has 1 atom stereocenters. The average Bonchev–Trinajstić information content (AvgIpc) is 3.07. The van der Waals surface area contributed by atoms with Crippen molar-refractivity contribution in [2.24, 2.45) is 0 Å². The average molecular weight is 267 g/mol. The molecule has 0 aromatic carbocycles. The maximum absolute atomic E-state index is 11.5. The lowest BCUT2D eigenvalue weighted by atomic mass is 10.1. The Balaban J connectivity index is 1.92. The minimum Gasteiger partial charge on any atom is -0.464 e. The second kappa shape index (κ2) is 6.65. The Hall–Kier alpha value is -1.43. The number of esters is 1. The molecule has 0 radical (unpaired) electrons. The summed E-state index contributed by atoms with van der Waals surface area (Å²) < 4.78 is 12.1. The van der Waals surface area contributed by atoms with E-state index in [1.54, 1.807) is 4.68 Å². The summed E-state index contributed by atoms with van der Waals surface area (Å²) in [7, 11) is 1.36. The van der Waals surface area contributed by atoms with Crippen molar-refractivity contribution in [2.75, 3.05) is 13.7 Å². The smallest absolute Gasteiger partial charge is 0.360 e. The van der Waals surface area contributed by atoms with Gasteiger partial charge < -0.3 is 9.47 Å². The van der Waals surface area contributed by atoms with E-state index < -0.39 is 5.97 Å². The van der Waals surface area contributed by atoms with Crippen molar-refractivity contribution in [2.45, 2.75) is 51.7 Å². The van der Waals surface area contributed by atoms with Gasteiger partial charge in [-0.25, -0.2) is 9.48 Å². The Bertz CT molecular complexity index is 425. The van der Waals surface area contributed by atoms with E-state index in [9.17, 15) is 4.79 Å². The zero-order chi connectivity index (χ0) is 13.7. The number of rotatable bonds is 6. The van der Waals surface area contributed by atoms with Crippen molar-refractivity contribution >= 4 is 5.97 Å². The highest BCUT2D eigenvalue weighted by molar-refractivity contribution is 5.88. The molecule has 1 aromatic heterocycles. The Morgan fingerprint density at radius 3 is 3.05 bits per heavy atom. The van der Waals surface area contributed by atoms with Gasteiger partial charge in [0.2, 0.25) is 0 Å². The number of hydrogen-bond acceptors (Lipinski definition) is 5. The summed E-state index contributed by atoms with van der Waals surface area (Å²) in [5.41, 5.74) is 1.18. The van der Waals surface area contributed by atoms with Gasteiger partial charge in [-0.15, -0.1) is 5.10 Å². The molecule has 0 bridgehead atoms. The number of aromatic nitrogens is 3. The molecule has 1 aromatic rings. The third-order valence-corrected chi connectivity index (χ3v) is 3.47. The summed E-state index contributed by atoms with van der Waals surface area (Å²) in [6, 6.07) is 0. The van der Waals surface area contributed by atoms with Gasteiger partial charge in [0, 0.05) is 13.2 Å². The quantitative estimate of drug-likeness (QED) is 0.732. The number of methoxy groups -OCH3 is 1. The van der Waals surface area contributed by atoms with E-state index in [-0.39, 0.29) is 0 Å². The zero-order valence-corrected chi connectivity index (χ0v) is 11.6. The van der Waals surface area contributed by atoms with Gasteiger partial charge in [0.25, 0.3) is 0 Å². The first-order chi connectivity index (χ1) is 9.26. The van der Waals surface area contributed by atoms with Crippen LogP contribution in [0.3, 0.4) is 0 Å². The molecule has 1 saturated heterocycles. The number of carbonyl (C=O) groups excluding carboxylic acids is 1. The normalized spacial score (nSPS) is 18.7. The van der Waals surface area contributed by atoms with Crippen molar-refractivity contribution < 1.29 is 14.3 Å². The predicted octanol–water partition coefficient (Wildman–Crippen LogP) is 1.59. The number of carbonyl (C=O) groups is 1. The zero-order valence-electron chi connectivity index (χ0n) is 11.6. The van der Waals surface area contributed by atoms with Gasteiger partial charge in [-0.3, -0.25) is 0 Å². The Labute approximate surface area is 113 Å². The summed E-state index contributed by atoms with van der Waals surface area (Å²) in [4.78, 5) is 11.5. The van der Waals surface area contributed by atoms with Crippen LogP contribution in [0.4, 0.5) is 0 Å². The minimum absolute atomic E-state index is 0.335. The topological polar surface area (TPSA) is 66.2 Å². The molecular formula is C13H21N3O3. The molecule has 0 aliphatic carbocycles. The van der Waals surface area contributed by atoms with Crippen molar-refractivity contribution in [3.05, 3.63) is 11.4 Å². The summed E-state index contributed by atoms with van der Waals surface area (Å²) >= 11 is 0. The van der Waals surface area contributed by atoms with E-state index in [0.29, 0.717) is 11.8 Å². The highest BCUT2D eigenvalue weighted by atomic mass is 16.5. The van der Waals surface area contributed by atoms with Gasteiger partial charge in [0.1, 0.15) is 0 Å². The largest absolute Gasteiger partial charge is 0.464 e. The second-order valence-electron chi connectivity index (χ2n) is 4.73. The fraction of sp³-hybridized carbons (Fsp3) is 0.769. The summed E-state index contributed by atoms with van der Waals surface area (Å²) in [6.07, 6.45) is 5.47. The molecule has 1 aliphatic heterocycles. The van der Waals surface area contributed by atoms with Gasteiger partial charge >= 0.3 is 5.97 Å². The fourth-order valence-electron chi connectivity index (χ4n) is 2.46. The van der Waals surface area contributed by atoms with Crippen LogP contribution in [0.25, 0.3) is 0 Å². The molecule has 1 unspecified atom stereocenters. The second-order valence-corrected chi connectivity index (χ2v) is 4.73. The van der Waals surface area contributed by atoms with Crippen molar-refractivity contribution in [1.29, 1.82) is 0 Å². The van der Waals surface area contributed by atoms with Crippen LogP contribution in [0.15, 0.2) is 0 Å². The lowest BCUT2D eigenvalue weighted by molar-refractivity contribution is 0.0592. The number of aryl methyl sites for hydroxylation is 1. The van der Waals surface area contributed by atoms with E-state index in [0.717, 1.165) is 44.5 Å². The highest BCUT2D eigenvalue weighted by Crippen LogP contribution is 2.17. The van der Waals surface area contributed by atoms with Gasteiger partial charge in [-0.2, -0.15) is 0 Å². The Morgan fingerprint density at radius 1 is 1.58 bits per heavy atom. The molecule has 1 fully saturated rings. The number of nitrogens with zero attached hydrogens (tertiary/aromatic N) is 3. The Kier molecular flexibility index (Phi) is 4.90. The third-order valence-electron chi connectivity index (χ3n) is 3.47. The van der Waals surface area contributed by atoms with Crippen LogP contribution in [0.1, 0.15) is 48.8 Å². The monoisotopic (exact) mass is 267 g/mol. The third kappa shape index (κ3) is 3.32. The van der Waals surface area contributed by atoms with Gasteiger partial charge in [-0.05, 0) is 32.1 Å². The molecular weight excluding hydrogens is 246 g/mol. The number of ether oxygens (including phenoxy) is 2. The molecule has 6 heteroatoms. The molecule has 0 saturated carbocycles. The lowest BCUT2D eigenvalue weighted by Gasteiger charge is -2.09. The molecule has 0 spiro atoms. The van der Waals surface area contributed by atoms with E-state index in [2.05, 4.69) is 10.3 Å². The van der Waals surface area contributed by atoms with Crippen LogP contribution in [-0.4, -0.2) is 40.8 Å². The maximum Gasteiger partial charge on any atom is 0.360 e. The summed E-state index contributed by atoms with van der Waals surface area (Å²) in [6.45, 7) is 3.65. The maximum atomic E-state index is 11.5. The van der Waals surface area contributed by atoms with E-state index >= 15 is 0 Å². The molecule has 0 amide bonds. The molecule has 1 aliphatic rings. The predicted molar refractivity (Wildman–Crippen MR) is 68.9 cm³/mol. The molecule has 2 heterocycles. The van der Waals surface area contributed by atoms with Crippen molar-refractivity contribution in [3.63, 3.8) is 0 Å². The standard InChI is InChI=1S/C13H21N3O3/c1-3-11-12(13(17)18-2)14-15-16(11)8-4-6-10-7-5-9-19-10/h10H,3-9H2,1-2H3. The first-order valence-electron chi connectivity index (χ1n) is 6.88. The highest BCUT2D eigenvalue weighted by Gasteiger charge is 2.19. The molecule has 19 heavy (non-hydrogen) atoms. The van der Waals surface area contributed by atoms with E-state index in [1.807, 2.05) is 6.92 Å². The van der Waals surface area contributed by atoms with Gasteiger partial charge in [0.05, 0.1) is 18.9 Å². The lowest BCUT2D eigenvalue weighted by Crippen LogP contribution is -2.11. The van der Waals surface area contributed by atoms with Crippen LogP contribution in [-0.2, 0) is 22.4 Å². The molecule has 2 rings (SSSR count). The van der Waals surface area contributed by atoms with Gasteiger partial charge in [-0.1, -0.05) is 12.1 Å². The SMILES string of the molecule is CCc1c(C(=O)OC)nnn1CCCC1CCCO1. The van der Waals surface area contributed by atoms with Crippen LogP contribution < -0.4 is 0 Å². The van der Waals surface area contributed by atoms with Crippen LogP contribution in [0, 0.1) is 0 Å². The van der Waals surface area contributed by atoms with Crippen LogP contribution >= 0.6 is 0 Å². The van der Waals surface area contributed by atoms with Crippen molar-refractivity contribution in [3.8, 4) is 0 Å². The van der Waals surface area contributed by atoms with Crippen molar-refractivity contribution in [1.82, 2.24) is 15.0 Å². The molecule has 0 N–H and O–H groups in total. The summed E-state index contributed by atoms with van der Waals surface area (Å²) in [5.74, 6) is -0.415.